The molecule has 0 saturated heterocycles. The lowest BCUT2D eigenvalue weighted by Crippen LogP contribution is -1.91. The minimum atomic E-state index is -0.506. The van der Waals surface area contributed by atoms with Gasteiger partial charge in [-0.2, -0.15) is 0 Å². The van der Waals surface area contributed by atoms with Crippen molar-refractivity contribution >= 4 is 40.0 Å². The average molecular weight is 309 g/mol. The zero-order valence-electron chi connectivity index (χ0n) is 9.84. The minimum Gasteiger partial charge on any atom is -0.436 e. The number of hydrogen-bond donors (Lipinski definition) is 0. The van der Waals surface area contributed by atoms with Gasteiger partial charge >= 0.3 is 0 Å². The van der Waals surface area contributed by atoms with Crippen LogP contribution in [0.25, 0.3) is 22.6 Å². The molecule has 0 N–H and O–H groups in total. The van der Waals surface area contributed by atoms with Gasteiger partial charge in [0.2, 0.25) is 5.89 Å². The quantitative estimate of drug-likeness (QED) is 0.508. The lowest BCUT2D eigenvalue weighted by Gasteiger charge is -1.98. The van der Waals surface area contributed by atoms with Gasteiger partial charge in [0.15, 0.2) is 5.58 Å². The predicted octanol–water partition coefficient (Wildman–Crippen LogP) is 4.71. The molecule has 0 bridgehead atoms. The first-order valence-corrected chi connectivity index (χ1v) is 6.30. The number of fused-ring (bicyclic) bond motifs is 1. The van der Waals surface area contributed by atoms with E-state index in [4.69, 9.17) is 27.6 Å². The second kappa shape index (κ2) is 4.77. The first kappa shape index (κ1) is 12.9. The highest BCUT2D eigenvalue weighted by molar-refractivity contribution is 6.31. The summed E-state index contributed by atoms with van der Waals surface area (Å²) in [6, 6.07) is 9.16. The van der Waals surface area contributed by atoms with Crippen molar-refractivity contribution in [2.75, 3.05) is 0 Å². The highest BCUT2D eigenvalue weighted by atomic mass is 35.5. The Kier molecular flexibility index (Phi) is 3.08. The number of rotatable bonds is 2. The van der Waals surface area contributed by atoms with E-state index in [0.29, 0.717) is 21.1 Å². The third-order valence-electron chi connectivity index (χ3n) is 2.74. The van der Waals surface area contributed by atoms with E-state index in [1.54, 1.807) is 18.2 Å². The van der Waals surface area contributed by atoms with Crippen molar-refractivity contribution in [1.82, 2.24) is 4.98 Å². The van der Waals surface area contributed by atoms with E-state index in [9.17, 15) is 10.1 Å². The van der Waals surface area contributed by atoms with E-state index in [2.05, 4.69) is 4.98 Å². The normalized spacial score (nSPS) is 10.9. The lowest BCUT2D eigenvalue weighted by atomic mass is 10.2. The molecule has 1 heterocycles. The summed E-state index contributed by atoms with van der Waals surface area (Å²) in [7, 11) is 0. The van der Waals surface area contributed by atoms with Crippen molar-refractivity contribution < 1.29 is 9.34 Å². The van der Waals surface area contributed by atoms with Crippen LogP contribution in [-0.4, -0.2) is 9.91 Å². The highest BCUT2D eigenvalue weighted by Crippen LogP contribution is 2.34. The molecule has 0 saturated carbocycles. The molecule has 0 spiro atoms. The van der Waals surface area contributed by atoms with Crippen molar-refractivity contribution in [3.63, 3.8) is 0 Å². The predicted molar refractivity (Wildman–Crippen MR) is 76.1 cm³/mol. The van der Waals surface area contributed by atoms with Gasteiger partial charge in [0.25, 0.3) is 5.69 Å². The van der Waals surface area contributed by atoms with Gasteiger partial charge in [0, 0.05) is 16.1 Å². The molecule has 0 unspecified atom stereocenters. The average Bonchev–Trinajstić information content (AvgIpc) is 2.81. The SMILES string of the molecule is O=[N+]([O-])c1ccc(Cl)cc1-c1nc2cc(Cl)ccc2o1. The molecule has 0 aliphatic carbocycles. The summed E-state index contributed by atoms with van der Waals surface area (Å²) in [5.41, 5.74) is 1.14. The van der Waals surface area contributed by atoms with Gasteiger partial charge in [0.05, 0.1) is 4.92 Å². The van der Waals surface area contributed by atoms with Crippen molar-refractivity contribution in [1.29, 1.82) is 0 Å². The van der Waals surface area contributed by atoms with Gasteiger partial charge in [0.1, 0.15) is 11.1 Å². The third-order valence-corrected chi connectivity index (χ3v) is 3.21. The van der Waals surface area contributed by atoms with E-state index in [1.807, 2.05) is 0 Å². The minimum absolute atomic E-state index is 0.118. The van der Waals surface area contributed by atoms with Gasteiger partial charge in [-0.15, -0.1) is 0 Å². The Morgan fingerprint density at radius 3 is 2.55 bits per heavy atom. The first-order chi connectivity index (χ1) is 9.54. The van der Waals surface area contributed by atoms with Crippen molar-refractivity contribution in [2.24, 2.45) is 0 Å². The van der Waals surface area contributed by atoms with Crippen LogP contribution in [-0.2, 0) is 0 Å². The van der Waals surface area contributed by atoms with Crippen LogP contribution in [0.1, 0.15) is 0 Å². The van der Waals surface area contributed by atoms with Crippen molar-refractivity contribution in [3.8, 4) is 11.5 Å². The molecular weight excluding hydrogens is 303 g/mol. The standard InChI is InChI=1S/C13H6Cl2N2O3/c14-7-1-3-11(17(18)19)9(5-7)13-16-10-6-8(15)2-4-12(10)20-13/h1-6H. The van der Waals surface area contributed by atoms with Crippen LogP contribution in [0, 0.1) is 10.1 Å². The molecule has 5 nitrogen and oxygen atoms in total. The van der Waals surface area contributed by atoms with E-state index in [0.717, 1.165) is 0 Å². The summed E-state index contributed by atoms with van der Waals surface area (Å²) in [5.74, 6) is 0.136. The first-order valence-electron chi connectivity index (χ1n) is 5.55. The number of benzene rings is 2. The molecule has 2 aromatic carbocycles. The number of aromatic nitrogens is 1. The van der Waals surface area contributed by atoms with Gasteiger partial charge in [-0.3, -0.25) is 10.1 Å². The van der Waals surface area contributed by atoms with Crippen LogP contribution in [0.15, 0.2) is 40.8 Å². The fraction of sp³-hybridized carbons (Fsp3) is 0. The molecule has 0 radical (unpaired) electrons. The Bertz CT molecular complexity index is 830. The van der Waals surface area contributed by atoms with Gasteiger partial charge in [-0.05, 0) is 30.3 Å². The van der Waals surface area contributed by atoms with Gasteiger partial charge in [-0.25, -0.2) is 4.98 Å². The number of nitrogens with zero attached hydrogens (tertiary/aromatic N) is 2. The zero-order chi connectivity index (χ0) is 14.3. The van der Waals surface area contributed by atoms with Crippen LogP contribution in [0.5, 0.6) is 0 Å². The van der Waals surface area contributed by atoms with E-state index in [-0.39, 0.29) is 17.1 Å². The maximum atomic E-state index is 11.0. The highest BCUT2D eigenvalue weighted by Gasteiger charge is 2.20. The molecule has 0 fully saturated rings. The Hall–Kier alpha value is -2.11. The lowest BCUT2D eigenvalue weighted by molar-refractivity contribution is -0.384. The Labute approximate surface area is 122 Å². The van der Waals surface area contributed by atoms with Crippen molar-refractivity contribution in [3.05, 3.63) is 56.6 Å². The summed E-state index contributed by atoms with van der Waals surface area (Å²) in [5, 5.41) is 11.9. The van der Waals surface area contributed by atoms with Crippen LogP contribution in [0.4, 0.5) is 5.69 Å². The van der Waals surface area contributed by atoms with Crippen LogP contribution in [0.2, 0.25) is 10.0 Å². The molecular formula is C13H6Cl2N2O3. The number of nitro groups is 1. The number of halogens is 2. The van der Waals surface area contributed by atoms with E-state index < -0.39 is 4.92 Å². The molecule has 0 atom stereocenters. The largest absolute Gasteiger partial charge is 0.436 e. The molecule has 7 heteroatoms. The Morgan fingerprint density at radius 2 is 1.80 bits per heavy atom. The van der Waals surface area contributed by atoms with Crippen LogP contribution >= 0.6 is 23.2 Å². The topological polar surface area (TPSA) is 69.2 Å². The molecule has 100 valence electrons. The molecule has 0 amide bonds. The summed E-state index contributed by atoms with van der Waals surface area (Å²) in [4.78, 5) is 14.8. The monoisotopic (exact) mass is 308 g/mol. The Morgan fingerprint density at radius 1 is 1.10 bits per heavy atom. The molecule has 1 aromatic heterocycles. The number of hydrogen-bond acceptors (Lipinski definition) is 4. The second-order valence-electron chi connectivity index (χ2n) is 4.05. The molecule has 3 aromatic rings. The third kappa shape index (κ3) is 2.21. The van der Waals surface area contributed by atoms with Gasteiger partial charge in [-0.1, -0.05) is 23.2 Å². The van der Waals surface area contributed by atoms with Crippen LogP contribution in [0.3, 0.4) is 0 Å². The number of oxazole rings is 1. The van der Waals surface area contributed by atoms with Crippen LogP contribution < -0.4 is 0 Å². The van der Waals surface area contributed by atoms with E-state index >= 15 is 0 Å². The zero-order valence-corrected chi connectivity index (χ0v) is 11.4. The molecule has 0 aliphatic heterocycles. The van der Waals surface area contributed by atoms with Gasteiger partial charge < -0.3 is 4.42 Å². The maximum absolute atomic E-state index is 11.0. The maximum Gasteiger partial charge on any atom is 0.282 e. The second-order valence-corrected chi connectivity index (χ2v) is 4.92. The summed E-state index contributed by atoms with van der Waals surface area (Å²) in [6.07, 6.45) is 0. The summed E-state index contributed by atoms with van der Waals surface area (Å²) in [6.45, 7) is 0. The number of nitro benzene ring substituents is 1. The molecule has 20 heavy (non-hydrogen) atoms. The summed E-state index contributed by atoms with van der Waals surface area (Å²) < 4.78 is 5.52. The van der Waals surface area contributed by atoms with Crippen molar-refractivity contribution in [2.45, 2.75) is 0 Å². The fourth-order valence-electron chi connectivity index (χ4n) is 1.85. The summed E-state index contributed by atoms with van der Waals surface area (Å²) >= 11 is 11.8. The molecule has 3 rings (SSSR count). The fourth-order valence-corrected chi connectivity index (χ4v) is 2.19. The smallest absolute Gasteiger partial charge is 0.282 e. The Balaban J connectivity index is 2.24. The van der Waals surface area contributed by atoms with E-state index in [1.165, 1.54) is 18.2 Å². The molecule has 0 aliphatic rings.